The van der Waals surface area contributed by atoms with Crippen LogP contribution in [0.3, 0.4) is 0 Å². The molecule has 0 saturated heterocycles. The van der Waals surface area contributed by atoms with Gasteiger partial charge in [-0.25, -0.2) is 0 Å². The minimum atomic E-state index is 0.863. The lowest BCUT2D eigenvalue weighted by Crippen LogP contribution is -1.80. The molecular formula is C17H16O2S. The van der Waals surface area contributed by atoms with Crippen LogP contribution in [-0.2, 0) is 11.5 Å². The van der Waals surface area contributed by atoms with E-state index < -0.39 is 0 Å². The fourth-order valence-electron chi connectivity index (χ4n) is 2.12. The number of fused-ring (bicyclic) bond motifs is 1. The van der Waals surface area contributed by atoms with Gasteiger partial charge in [-0.15, -0.1) is 11.8 Å². The highest BCUT2D eigenvalue weighted by Gasteiger charge is 2.05. The summed E-state index contributed by atoms with van der Waals surface area (Å²) in [4.78, 5) is 0. The molecule has 0 spiro atoms. The van der Waals surface area contributed by atoms with Crippen molar-refractivity contribution >= 4 is 22.7 Å². The van der Waals surface area contributed by atoms with Gasteiger partial charge in [-0.1, -0.05) is 30.3 Å². The number of methoxy groups -OCH3 is 1. The van der Waals surface area contributed by atoms with Crippen molar-refractivity contribution in [3.05, 3.63) is 65.9 Å². The molecule has 3 rings (SSSR count). The molecule has 0 radical (unpaired) electrons. The molecule has 2 nitrogen and oxygen atoms in total. The second kappa shape index (κ2) is 6.06. The number of hydrogen-bond donors (Lipinski definition) is 0. The van der Waals surface area contributed by atoms with E-state index in [9.17, 15) is 0 Å². The lowest BCUT2D eigenvalue weighted by atomic mass is 10.2. The molecule has 0 aliphatic heterocycles. The van der Waals surface area contributed by atoms with Crippen molar-refractivity contribution in [3.63, 3.8) is 0 Å². The number of rotatable bonds is 5. The molecule has 1 aromatic heterocycles. The molecule has 0 saturated carbocycles. The molecule has 0 N–H and O–H groups in total. The minimum Gasteiger partial charge on any atom is -0.497 e. The molecule has 0 aliphatic rings. The minimum absolute atomic E-state index is 0.863. The predicted octanol–water partition coefficient (Wildman–Crippen LogP) is 4.87. The Morgan fingerprint density at radius 3 is 2.65 bits per heavy atom. The number of benzene rings is 2. The lowest BCUT2D eigenvalue weighted by molar-refractivity contribution is 0.415. The third-order valence-corrected chi connectivity index (χ3v) is 4.16. The van der Waals surface area contributed by atoms with E-state index in [0.29, 0.717) is 0 Å². The van der Waals surface area contributed by atoms with Gasteiger partial charge in [0.2, 0.25) is 0 Å². The Labute approximate surface area is 122 Å². The Hall–Kier alpha value is -1.87. The normalized spacial score (nSPS) is 10.8. The molecule has 2 aromatic carbocycles. The summed E-state index contributed by atoms with van der Waals surface area (Å²) in [7, 11) is 1.68. The van der Waals surface area contributed by atoms with Gasteiger partial charge in [0.15, 0.2) is 0 Å². The average molecular weight is 284 g/mol. The number of hydrogen-bond acceptors (Lipinski definition) is 3. The number of ether oxygens (including phenoxy) is 1. The molecule has 0 amide bonds. The Morgan fingerprint density at radius 1 is 1.00 bits per heavy atom. The van der Waals surface area contributed by atoms with Gasteiger partial charge in [-0.3, -0.25) is 0 Å². The predicted molar refractivity (Wildman–Crippen MR) is 84.2 cm³/mol. The third-order valence-electron chi connectivity index (χ3n) is 3.13. The molecule has 3 aromatic rings. The fraction of sp³-hybridized carbons (Fsp3) is 0.176. The van der Waals surface area contributed by atoms with E-state index in [4.69, 9.17) is 9.15 Å². The first-order valence-electron chi connectivity index (χ1n) is 6.53. The zero-order valence-electron chi connectivity index (χ0n) is 11.3. The van der Waals surface area contributed by atoms with Crippen LogP contribution in [0.1, 0.15) is 11.3 Å². The number of furan rings is 1. The summed E-state index contributed by atoms with van der Waals surface area (Å²) in [6.07, 6.45) is 0. The summed E-state index contributed by atoms with van der Waals surface area (Å²) in [5.41, 5.74) is 2.26. The molecule has 0 atom stereocenters. The fourth-order valence-corrected chi connectivity index (χ4v) is 2.99. The molecule has 0 aliphatic carbocycles. The second-order valence-electron chi connectivity index (χ2n) is 4.59. The van der Waals surface area contributed by atoms with Gasteiger partial charge in [0.1, 0.15) is 17.1 Å². The Morgan fingerprint density at radius 2 is 1.85 bits per heavy atom. The zero-order valence-corrected chi connectivity index (χ0v) is 12.2. The SMILES string of the molecule is COc1ccc2oc(CSCc3ccccc3)cc2c1. The summed E-state index contributed by atoms with van der Waals surface area (Å²) in [6, 6.07) is 18.5. The highest BCUT2D eigenvalue weighted by Crippen LogP contribution is 2.27. The van der Waals surface area contributed by atoms with E-state index in [1.807, 2.05) is 36.0 Å². The molecule has 0 unspecified atom stereocenters. The first kappa shape index (κ1) is 13.1. The van der Waals surface area contributed by atoms with Crippen molar-refractivity contribution < 1.29 is 9.15 Å². The Balaban J connectivity index is 1.66. The second-order valence-corrected chi connectivity index (χ2v) is 5.58. The third kappa shape index (κ3) is 2.99. The van der Waals surface area contributed by atoms with Gasteiger partial charge < -0.3 is 9.15 Å². The molecule has 3 heteroatoms. The standard InChI is InChI=1S/C17H16O2S/c1-18-15-7-8-17-14(9-15)10-16(19-17)12-20-11-13-5-3-2-4-6-13/h2-10H,11-12H2,1H3. The smallest absolute Gasteiger partial charge is 0.134 e. The van der Waals surface area contributed by atoms with Crippen molar-refractivity contribution in [3.8, 4) is 5.75 Å². The summed E-state index contributed by atoms with van der Waals surface area (Å²) >= 11 is 1.86. The highest BCUT2D eigenvalue weighted by molar-refractivity contribution is 7.97. The first-order chi connectivity index (χ1) is 9.85. The van der Waals surface area contributed by atoms with Crippen molar-refractivity contribution in [2.24, 2.45) is 0 Å². The highest BCUT2D eigenvalue weighted by atomic mass is 32.2. The van der Waals surface area contributed by atoms with Crippen molar-refractivity contribution in [1.29, 1.82) is 0 Å². The van der Waals surface area contributed by atoms with E-state index in [1.165, 1.54) is 5.56 Å². The van der Waals surface area contributed by atoms with E-state index >= 15 is 0 Å². The van der Waals surface area contributed by atoms with Crippen LogP contribution in [0, 0.1) is 0 Å². The van der Waals surface area contributed by atoms with Crippen LogP contribution in [0.25, 0.3) is 11.0 Å². The van der Waals surface area contributed by atoms with E-state index in [0.717, 1.165) is 34.0 Å². The lowest BCUT2D eigenvalue weighted by Gasteiger charge is -1.99. The number of thioether (sulfide) groups is 1. The van der Waals surface area contributed by atoms with Crippen molar-refractivity contribution in [2.45, 2.75) is 11.5 Å². The topological polar surface area (TPSA) is 22.4 Å². The Kier molecular flexibility index (Phi) is 3.97. The maximum absolute atomic E-state index is 5.83. The van der Waals surface area contributed by atoms with Crippen molar-refractivity contribution in [2.75, 3.05) is 7.11 Å². The average Bonchev–Trinajstić information content (AvgIpc) is 2.90. The zero-order chi connectivity index (χ0) is 13.8. The van der Waals surface area contributed by atoms with Crippen LogP contribution in [0.2, 0.25) is 0 Å². The summed E-state index contributed by atoms with van der Waals surface area (Å²) in [5, 5.41) is 1.10. The van der Waals surface area contributed by atoms with E-state index in [-0.39, 0.29) is 0 Å². The van der Waals surface area contributed by atoms with Crippen LogP contribution >= 0.6 is 11.8 Å². The molecular weight excluding hydrogens is 268 g/mol. The van der Waals surface area contributed by atoms with E-state index in [2.05, 4.69) is 30.3 Å². The molecule has 1 heterocycles. The van der Waals surface area contributed by atoms with Gasteiger partial charge in [-0.2, -0.15) is 0 Å². The van der Waals surface area contributed by atoms with Crippen LogP contribution < -0.4 is 4.74 Å². The Bertz CT molecular complexity index is 689. The van der Waals surface area contributed by atoms with Gasteiger partial charge in [0.25, 0.3) is 0 Å². The van der Waals surface area contributed by atoms with Gasteiger partial charge in [0.05, 0.1) is 12.9 Å². The first-order valence-corrected chi connectivity index (χ1v) is 7.69. The molecule has 0 bridgehead atoms. The monoisotopic (exact) mass is 284 g/mol. The largest absolute Gasteiger partial charge is 0.497 e. The summed E-state index contributed by atoms with van der Waals surface area (Å²) in [6.45, 7) is 0. The van der Waals surface area contributed by atoms with Crippen LogP contribution in [0.15, 0.2) is 59.0 Å². The summed E-state index contributed by atoms with van der Waals surface area (Å²) in [5.74, 6) is 3.75. The van der Waals surface area contributed by atoms with Gasteiger partial charge in [-0.05, 0) is 29.8 Å². The van der Waals surface area contributed by atoms with E-state index in [1.54, 1.807) is 7.11 Å². The van der Waals surface area contributed by atoms with Gasteiger partial charge >= 0.3 is 0 Å². The molecule has 20 heavy (non-hydrogen) atoms. The molecule has 0 fully saturated rings. The maximum Gasteiger partial charge on any atom is 0.134 e. The maximum atomic E-state index is 5.83. The van der Waals surface area contributed by atoms with Crippen LogP contribution in [0.4, 0.5) is 0 Å². The molecule has 102 valence electrons. The van der Waals surface area contributed by atoms with Crippen LogP contribution in [-0.4, -0.2) is 7.11 Å². The van der Waals surface area contributed by atoms with Gasteiger partial charge in [0, 0.05) is 11.1 Å². The summed E-state index contributed by atoms with van der Waals surface area (Å²) < 4.78 is 11.1. The van der Waals surface area contributed by atoms with Crippen molar-refractivity contribution in [1.82, 2.24) is 0 Å². The quantitative estimate of drug-likeness (QED) is 0.667. The van der Waals surface area contributed by atoms with Crippen LogP contribution in [0.5, 0.6) is 5.75 Å².